The lowest BCUT2D eigenvalue weighted by Gasteiger charge is -2.05. The Morgan fingerprint density at radius 1 is 1.05 bits per heavy atom. The van der Waals surface area contributed by atoms with E-state index in [0.717, 1.165) is 22.9 Å². The van der Waals surface area contributed by atoms with Crippen LogP contribution in [0.3, 0.4) is 0 Å². The molecule has 21 heavy (non-hydrogen) atoms. The van der Waals surface area contributed by atoms with E-state index in [1.165, 1.54) is 0 Å². The van der Waals surface area contributed by atoms with Gasteiger partial charge in [0.1, 0.15) is 0 Å². The van der Waals surface area contributed by atoms with Gasteiger partial charge >= 0.3 is 0 Å². The van der Waals surface area contributed by atoms with Crippen molar-refractivity contribution in [3.05, 3.63) is 64.7 Å². The molecule has 2 aromatic carbocycles. The molecule has 4 heteroatoms. The number of carbonyl (C=O) groups excluding carboxylic acids is 2. The molecule has 3 nitrogen and oxygen atoms in total. The number of nitrogen functional groups attached to an aromatic ring is 1. The summed E-state index contributed by atoms with van der Waals surface area (Å²) in [6.07, 6.45) is 0. The van der Waals surface area contributed by atoms with Crippen molar-refractivity contribution in [2.24, 2.45) is 0 Å². The van der Waals surface area contributed by atoms with Crippen molar-refractivity contribution in [2.75, 3.05) is 11.5 Å². The molecule has 0 aromatic heterocycles. The fourth-order valence-electron chi connectivity index (χ4n) is 1.89. The number of hydrogen-bond donors (Lipinski definition) is 1. The van der Waals surface area contributed by atoms with E-state index in [0.29, 0.717) is 16.8 Å². The highest BCUT2D eigenvalue weighted by molar-refractivity contribution is 8.14. The highest BCUT2D eigenvalue weighted by Gasteiger charge is 2.13. The second-order valence-electron chi connectivity index (χ2n) is 4.89. The number of anilines is 1. The molecule has 0 bridgehead atoms. The summed E-state index contributed by atoms with van der Waals surface area (Å²) in [7, 11) is 0. The molecule has 0 heterocycles. The van der Waals surface area contributed by atoms with Crippen LogP contribution < -0.4 is 5.73 Å². The fourth-order valence-corrected chi connectivity index (χ4v) is 2.66. The average molecular weight is 299 g/mol. The van der Waals surface area contributed by atoms with E-state index in [1.807, 2.05) is 26.0 Å². The third kappa shape index (κ3) is 3.73. The number of benzene rings is 2. The maximum Gasteiger partial charge on any atom is 0.221 e. The Hall–Kier alpha value is -2.07. The van der Waals surface area contributed by atoms with Crippen molar-refractivity contribution >= 4 is 28.3 Å². The molecule has 108 valence electrons. The number of aryl methyl sites for hydroxylation is 2. The monoisotopic (exact) mass is 299 g/mol. The van der Waals surface area contributed by atoms with Gasteiger partial charge in [-0.05, 0) is 43.2 Å². The number of nitrogens with two attached hydrogens (primary N) is 1. The maximum atomic E-state index is 12.1. The molecule has 0 atom stereocenters. The van der Waals surface area contributed by atoms with Crippen LogP contribution in [0.5, 0.6) is 0 Å². The molecule has 0 aliphatic carbocycles. The van der Waals surface area contributed by atoms with Gasteiger partial charge in [-0.1, -0.05) is 36.0 Å². The molecule has 0 aliphatic heterocycles. The molecular weight excluding hydrogens is 282 g/mol. The predicted octanol–water partition coefficient (Wildman–Crippen LogP) is 3.64. The zero-order valence-electron chi connectivity index (χ0n) is 12.1. The van der Waals surface area contributed by atoms with Gasteiger partial charge < -0.3 is 5.73 Å². The van der Waals surface area contributed by atoms with Crippen LogP contribution in [-0.2, 0) is 0 Å². The largest absolute Gasteiger partial charge is 0.398 e. The minimum Gasteiger partial charge on any atom is -0.398 e. The van der Waals surface area contributed by atoms with Crippen LogP contribution >= 0.6 is 11.8 Å². The first-order chi connectivity index (χ1) is 9.99. The summed E-state index contributed by atoms with van der Waals surface area (Å²) >= 11 is 0.988. The topological polar surface area (TPSA) is 60.2 Å². The van der Waals surface area contributed by atoms with Crippen molar-refractivity contribution in [3.63, 3.8) is 0 Å². The molecule has 0 spiro atoms. The van der Waals surface area contributed by atoms with E-state index < -0.39 is 0 Å². The molecule has 0 radical (unpaired) electrons. The Kier molecular flexibility index (Phi) is 4.81. The lowest BCUT2D eigenvalue weighted by molar-refractivity contribution is 0.101. The molecule has 2 N–H and O–H groups in total. The van der Waals surface area contributed by atoms with Gasteiger partial charge in [0.15, 0.2) is 5.78 Å². The first-order valence-electron chi connectivity index (χ1n) is 6.61. The number of hydrogen-bond acceptors (Lipinski definition) is 4. The van der Waals surface area contributed by atoms with E-state index in [1.54, 1.807) is 30.3 Å². The lowest BCUT2D eigenvalue weighted by atomic mass is 10.0. The molecule has 2 rings (SSSR count). The molecule has 0 saturated heterocycles. The van der Waals surface area contributed by atoms with Crippen LogP contribution in [0.1, 0.15) is 31.8 Å². The SMILES string of the molecule is Cc1ccc(C(=O)CSC(=O)c2ccccc2N)cc1C. The minimum atomic E-state index is -0.176. The second kappa shape index (κ2) is 6.59. The van der Waals surface area contributed by atoms with Gasteiger partial charge in [0.2, 0.25) is 5.12 Å². The summed E-state index contributed by atoms with van der Waals surface area (Å²) in [5.74, 6) is 0.0707. The van der Waals surface area contributed by atoms with Crippen molar-refractivity contribution in [1.29, 1.82) is 0 Å². The zero-order valence-corrected chi connectivity index (χ0v) is 12.9. The number of ketones is 1. The molecule has 2 aromatic rings. The Balaban J connectivity index is 2.02. The molecular formula is C17H17NO2S. The van der Waals surface area contributed by atoms with E-state index in [2.05, 4.69) is 0 Å². The van der Waals surface area contributed by atoms with Gasteiger partial charge in [0, 0.05) is 11.3 Å². The molecule has 0 amide bonds. The summed E-state index contributed by atoms with van der Waals surface area (Å²) in [4.78, 5) is 24.2. The lowest BCUT2D eigenvalue weighted by Crippen LogP contribution is -2.07. The molecule has 0 unspecified atom stereocenters. The molecule has 0 saturated carbocycles. The fraction of sp³-hybridized carbons (Fsp3) is 0.176. The van der Waals surface area contributed by atoms with Crippen LogP contribution in [0.15, 0.2) is 42.5 Å². The number of thioether (sulfide) groups is 1. The number of Topliss-reactive ketones (excluding diaryl/α,β-unsaturated/α-hetero) is 1. The Bertz CT molecular complexity index is 695. The summed E-state index contributed by atoms with van der Waals surface area (Å²) in [5, 5.41) is -0.176. The predicted molar refractivity (Wildman–Crippen MR) is 87.9 cm³/mol. The molecule has 0 fully saturated rings. The summed E-state index contributed by atoms with van der Waals surface area (Å²) in [6, 6.07) is 12.5. The number of carbonyl (C=O) groups is 2. The summed E-state index contributed by atoms with van der Waals surface area (Å²) in [6.45, 7) is 3.97. The van der Waals surface area contributed by atoms with Gasteiger partial charge in [-0.15, -0.1) is 0 Å². The van der Waals surface area contributed by atoms with Crippen molar-refractivity contribution in [2.45, 2.75) is 13.8 Å². The Labute approximate surface area is 128 Å². The standard InChI is InChI=1S/C17H17NO2S/c1-11-7-8-13(9-12(11)2)16(19)10-21-17(20)14-5-3-4-6-15(14)18/h3-9H,10,18H2,1-2H3. The van der Waals surface area contributed by atoms with E-state index in [-0.39, 0.29) is 16.7 Å². The van der Waals surface area contributed by atoms with Gasteiger partial charge in [-0.2, -0.15) is 0 Å². The van der Waals surface area contributed by atoms with Gasteiger partial charge in [-0.3, -0.25) is 9.59 Å². The average Bonchev–Trinajstić information content (AvgIpc) is 2.47. The number of rotatable bonds is 4. The Morgan fingerprint density at radius 3 is 2.43 bits per heavy atom. The zero-order chi connectivity index (χ0) is 15.4. The number of para-hydroxylation sites is 1. The van der Waals surface area contributed by atoms with Crippen LogP contribution in [0.25, 0.3) is 0 Å². The van der Waals surface area contributed by atoms with Crippen LogP contribution in [0, 0.1) is 13.8 Å². The Morgan fingerprint density at radius 2 is 1.76 bits per heavy atom. The van der Waals surface area contributed by atoms with Crippen LogP contribution in [0.4, 0.5) is 5.69 Å². The normalized spacial score (nSPS) is 10.4. The van der Waals surface area contributed by atoms with E-state index >= 15 is 0 Å². The van der Waals surface area contributed by atoms with Crippen molar-refractivity contribution < 1.29 is 9.59 Å². The van der Waals surface area contributed by atoms with Crippen LogP contribution in [0.2, 0.25) is 0 Å². The van der Waals surface area contributed by atoms with Crippen molar-refractivity contribution in [1.82, 2.24) is 0 Å². The minimum absolute atomic E-state index is 0.0500. The van der Waals surface area contributed by atoms with E-state index in [4.69, 9.17) is 5.73 Å². The summed E-state index contributed by atoms with van der Waals surface area (Å²) in [5.41, 5.74) is 9.51. The maximum absolute atomic E-state index is 12.1. The second-order valence-corrected chi connectivity index (χ2v) is 5.83. The van der Waals surface area contributed by atoms with E-state index in [9.17, 15) is 9.59 Å². The quantitative estimate of drug-likeness (QED) is 0.691. The molecule has 0 aliphatic rings. The first kappa shape index (κ1) is 15.3. The first-order valence-corrected chi connectivity index (χ1v) is 7.59. The summed E-state index contributed by atoms with van der Waals surface area (Å²) < 4.78 is 0. The van der Waals surface area contributed by atoms with Gasteiger partial charge in [0.25, 0.3) is 0 Å². The van der Waals surface area contributed by atoms with Crippen LogP contribution in [-0.4, -0.2) is 16.7 Å². The third-order valence-corrected chi connectivity index (χ3v) is 4.23. The van der Waals surface area contributed by atoms with Crippen molar-refractivity contribution in [3.8, 4) is 0 Å². The highest BCUT2D eigenvalue weighted by Crippen LogP contribution is 2.20. The highest BCUT2D eigenvalue weighted by atomic mass is 32.2. The smallest absolute Gasteiger partial charge is 0.221 e. The van der Waals surface area contributed by atoms with Gasteiger partial charge in [0.05, 0.1) is 11.3 Å². The van der Waals surface area contributed by atoms with Gasteiger partial charge in [-0.25, -0.2) is 0 Å². The third-order valence-electron chi connectivity index (χ3n) is 3.34.